The molecule has 0 fully saturated rings. The van der Waals surface area contributed by atoms with Crippen LogP contribution in [0.3, 0.4) is 0 Å². The number of hydrogen-bond acceptors (Lipinski definition) is 3. The van der Waals surface area contributed by atoms with Gasteiger partial charge >= 0.3 is 0 Å². The minimum Gasteiger partial charge on any atom is -0.387 e. The third-order valence-electron chi connectivity index (χ3n) is 3.38. The van der Waals surface area contributed by atoms with Crippen LogP contribution in [0.1, 0.15) is 18.7 Å². The molecule has 4 nitrogen and oxygen atoms in total. The number of aliphatic hydroxyl groups excluding tert-OH is 1. The van der Waals surface area contributed by atoms with Gasteiger partial charge < -0.3 is 5.11 Å². The van der Waals surface area contributed by atoms with Crippen molar-refractivity contribution in [1.29, 1.82) is 0 Å². The first-order valence-electron chi connectivity index (χ1n) is 6.74. The van der Waals surface area contributed by atoms with E-state index in [1.165, 1.54) is 25.1 Å². The normalized spacial score (nSPS) is 12.6. The molecule has 2 heterocycles. The van der Waals surface area contributed by atoms with Crippen LogP contribution in [-0.2, 0) is 0 Å². The Morgan fingerprint density at radius 2 is 2.00 bits per heavy atom. The van der Waals surface area contributed by atoms with Gasteiger partial charge in [-0.05, 0) is 30.7 Å². The molecule has 1 aromatic carbocycles. The highest BCUT2D eigenvalue weighted by Crippen LogP contribution is 2.26. The molecule has 0 saturated heterocycles. The van der Waals surface area contributed by atoms with Crippen molar-refractivity contribution in [2.75, 3.05) is 0 Å². The lowest BCUT2D eigenvalue weighted by molar-refractivity contribution is 0.195. The summed E-state index contributed by atoms with van der Waals surface area (Å²) >= 11 is 5.93. The van der Waals surface area contributed by atoms with Gasteiger partial charge in [-0.25, -0.2) is 13.8 Å². The largest absolute Gasteiger partial charge is 0.387 e. The molecule has 7 heteroatoms. The van der Waals surface area contributed by atoms with Crippen LogP contribution < -0.4 is 5.56 Å². The minimum absolute atomic E-state index is 0.00123. The third kappa shape index (κ3) is 2.71. The molecule has 0 bridgehead atoms. The van der Waals surface area contributed by atoms with Gasteiger partial charge in [0, 0.05) is 6.20 Å². The summed E-state index contributed by atoms with van der Waals surface area (Å²) < 4.78 is 28.0. The molecule has 118 valence electrons. The van der Waals surface area contributed by atoms with Crippen molar-refractivity contribution in [2.24, 2.45) is 0 Å². The van der Waals surface area contributed by atoms with E-state index in [9.17, 15) is 18.7 Å². The summed E-state index contributed by atoms with van der Waals surface area (Å²) in [6, 6.07) is 6.35. The van der Waals surface area contributed by atoms with E-state index in [0.29, 0.717) is 0 Å². The zero-order chi connectivity index (χ0) is 16.7. The Labute approximate surface area is 134 Å². The third-order valence-corrected chi connectivity index (χ3v) is 3.66. The van der Waals surface area contributed by atoms with Gasteiger partial charge in [-0.1, -0.05) is 23.7 Å². The molecule has 23 heavy (non-hydrogen) atoms. The van der Waals surface area contributed by atoms with Crippen LogP contribution in [0.4, 0.5) is 8.78 Å². The number of pyridine rings is 1. The van der Waals surface area contributed by atoms with Gasteiger partial charge in [0.15, 0.2) is 5.65 Å². The average molecular weight is 337 g/mol. The number of rotatable bonds is 2. The molecule has 0 spiro atoms. The maximum absolute atomic E-state index is 13.6. The monoisotopic (exact) mass is 336 g/mol. The molecular formula is C16H11ClF2N2O2. The van der Waals surface area contributed by atoms with Crippen LogP contribution >= 0.6 is 11.6 Å². The zero-order valence-electron chi connectivity index (χ0n) is 11.9. The fourth-order valence-corrected chi connectivity index (χ4v) is 2.64. The van der Waals surface area contributed by atoms with Crippen LogP contribution in [0.15, 0.2) is 41.3 Å². The van der Waals surface area contributed by atoms with Crippen LogP contribution in [0.25, 0.3) is 16.8 Å². The summed E-state index contributed by atoms with van der Waals surface area (Å²) in [5, 5.41) is 9.88. The molecule has 3 rings (SSSR count). The van der Waals surface area contributed by atoms with Crippen LogP contribution in [0.2, 0.25) is 5.02 Å². The number of hydrogen-bond donors (Lipinski definition) is 1. The van der Waals surface area contributed by atoms with Gasteiger partial charge in [0.25, 0.3) is 5.56 Å². The van der Waals surface area contributed by atoms with Gasteiger partial charge in [0.05, 0.1) is 22.4 Å². The summed E-state index contributed by atoms with van der Waals surface area (Å²) in [6.45, 7) is 1.43. The predicted molar refractivity (Wildman–Crippen MR) is 82.5 cm³/mol. The highest BCUT2D eigenvalue weighted by Gasteiger charge is 2.20. The SMILES string of the molecule is CC(O)c1nc2c(Cl)cc(F)cn2c(=O)c1-c1cccc(F)c1. The Bertz CT molecular complexity index is 970. The van der Waals surface area contributed by atoms with Crippen molar-refractivity contribution >= 4 is 17.2 Å². The first-order chi connectivity index (χ1) is 10.9. The lowest BCUT2D eigenvalue weighted by atomic mass is 10.0. The Kier molecular flexibility index (Phi) is 3.87. The maximum Gasteiger partial charge on any atom is 0.266 e. The second-order valence-electron chi connectivity index (χ2n) is 5.06. The molecule has 1 unspecified atom stereocenters. The van der Waals surface area contributed by atoms with Crippen LogP contribution in [-0.4, -0.2) is 14.5 Å². The zero-order valence-corrected chi connectivity index (χ0v) is 12.7. The summed E-state index contributed by atoms with van der Waals surface area (Å²) in [5.41, 5.74) is -0.326. The van der Waals surface area contributed by atoms with E-state index >= 15 is 0 Å². The van der Waals surface area contributed by atoms with Gasteiger partial charge in [-0.15, -0.1) is 0 Å². The highest BCUT2D eigenvalue weighted by atomic mass is 35.5. The molecule has 1 atom stereocenters. The molecule has 0 aliphatic heterocycles. The number of aliphatic hydroxyl groups is 1. The standard InChI is InChI=1S/C16H11ClF2N2O2/c1-8(22)14-13(9-3-2-4-10(18)5-9)16(23)21-7-11(19)6-12(17)15(21)20-14/h2-8,22H,1H3. The molecular weight excluding hydrogens is 326 g/mol. The summed E-state index contributed by atoms with van der Waals surface area (Å²) in [4.78, 5) is 16.9. The van der Waals surface area contributed by atoms with E-state index in [4.69, 9.17) is 11.6 Å². The summed E-state index contributed by atoms with van der Waals surface area (Å²) in [6.07, 6.45) is -0.141. The predicted octanol–water partition coefficient (Wildman–Crippen LogP) is 3.35. The first-order valence-corrected chi connectivity index (χ1v) is 7.11. The van der Waals surface area contributed by atoms with Crippen LogP contribution in [0.5, 0.6) is 0 Å². The fraction of sp³-hybridized carbons (Fsp3) is 0.125. The average Bonchev–Trinajstić information content (AvgIpc) is 2.47. The molecule has 0 radical (unpaired) electrons. The fourth-order valence-electron chi connectivity index (χ4n) is 2.40. The van der Waals surface area contributed by atoms with Crippen molar-refractivity contribution in [3.05, 3.63) is 69.2 Å². The maximum atomic E-state index is 13.6. The summed E-state index contributed by atoms with van der Waals surface area (Å²) in [7, 11) is 0. The second kappa shape index (κ2) is 5.72. The van der Waals surface area contributed by atoms with Crippen molar-refractivity contribution in [2.45, 2.75) is 13.0 Å². The molecule has 0 aliphatic rings. The second-order valence-corrected chi connectivity index (χ2v) is 5.47. The Balaban J connectivity index is 2.47. The lowest BCUT2D eigenvalue weighted by Gasteiger charge is -2.13. The van der Waals surface area contributed by atoms with Gasteiger partial charge in [-0.2, -0.15) is 0 Å². The van der Waals surface area contributed by atoms with E-state index in [0.717, 1.165) is 22.7 Å². The number of aromatic nitrogens is 2. The first kappa shape index (κ1) is 15.6. The Hall–Kier alpha value is -2.31. The Morgan fingerprint density at radius 1 is 1.26 bits per heavy atom. The van der Waals surface area contributed by atoms with Gasteiger partial charge in [-0.3, -0.25) is 9.20 Å². The minimum atomic E-state index is -1.09. The van der Waals surface area contributed by atoms with Gasteiger partial charge in [0.2, 0.25) is 0 Å². The van der Waals surface area contributed by atoms with E-state index in [-0.39, 0.29) is 27.5 Å². The Morgan fingerprint density at radius 3 is 2.65 bits per heavy atom. The van der Waals surface area contributed by atoms with Crippen molar-refractivity contribution < 1.29 is 13.9 Å². The number of benzene rings is 1. The van der Waals surface area contributed by atoms with Crippen molar-refractivity contribution in [1.82, 2.24) is 9.38 Å². The van der Waals surface area contributed by atoms with Crippen molar-refractivity contribution in [3.63, 3.8) is 0 Å². The highest BCUT2D eigenvalue weighted by molar-refractivity contribution is 6.33. The van der Waals surface area contributed by atoms with Crippen molar-refractivity contribution in [3.8, 4) is 11.1 Å². The topological polar surface area (TPSA) is 54.6 Å². The van der Waals surface area contributed by atoms with Gasteiger partial charge in [0.1, 0.15) is 11.6 Å². The van der Waals surface area contributed by atoms with E-state index in [2.05, 4.69) is 4.98 Å². The number of nitrogens with zero attached hydrogens (tertiary/aromatic N) is 2. The van der Waals surface area contributed by atoms with E-state index < -0.39 is 23.3 Å². The van der Waals surface area contributed by atoms with E-state index in [1.807, 2.05) is 0 Å². The molecule has 0 aliphatic carbocycles. The molecule has 0 saturated carbocycles. The number of halogens is 3. The molecule has 1 N–H and O–H groups in total. The molecule has 3 aromatic rings. The number of fused-ring (bicyclic) bond motifs is 1. The molecule has 0 amide bonds. The smallest absolute Gasteiger partial charge is 0.266 e. The lowest BCUT2D eigenvalue weighted by Crippen LogP contribution is -2.21. The van der Waals surface area contributed by atoms with E-state index in [1.54, 1.807) is 0 Å². The summed E-state index contributed by atoms with van der Waals surface area (Å²) in [5.74, 6) is -1.25. The van der Waals surface area contributed by atoms with Crippen LogP contribution in [0, 0.1) is 11.6 Å². The quantitative estimate of drug-likeness (QED) is 0.781. The molecule has 2 aromatic heterocycles.